The van der Waals surface area contributed by atoms with Crippen molar-refractivity contribution >= 4 is 11.6 Å². The van der Waals surface area contributed by atoms with Crippen LogP contribution in [0.2, 0.25) is 0 Å². The molecule has 0 saturated heterocycles. The number of nitrogens with zero attached hydrogens (tertiary/aromatic N) is 1. The quantitative estimate of drug-likeness (QED) is 0.558. The molecule has 6 heteroatoms. The number of nitrogens with one attached hydrogen (secondary N) is 1. The lowest BCUT2D eigenvalue weighted by atomic mass is 10.0. The minimum atomic E-state index is -0.426. The minimum Gasteiger partial charge on any atom is -0.356 e. The summed E-state index contributed by atoms with van der Waals surface area (Å²) in [4.78, 5) is 21.8. The Kier molecular flexibility index (Phi) is 6.66. The topological polar surface area (TPSA) is 98.3 Å². The maximum Gasteiger partial charge on any atom is 0.269 e. The average Bonchev–Trinajstić information content (AvgIpc) is 2.45. The summed E-state index contributed by atoms with van der Waals surface area (Å²) in [5.74, 6) is -0.00391. The number of carbonyl (C=O) groups is 1. The summed E-state index contributed by atoms with van der Waals surface area (Å²) >= 11 is 0. The fourth-order valence-corrected chi connectivity index (χ4v) is 1.84. The van der Waals surface area contributed by atoms with Gasteiger partial charge in [0.15, 0.2) is 0 Å². The second-order valence-corrected chi connectivity index (χ2v) is 4.80. The number of hydrogen-bond donors (Lipinski definition) is 2. The van der Waals surface area contributed by atoms with Gasteiger partial charge >= 0.3 is 0 Å². The summed E-state index contributed by atoms with van der Waals surface area (Å²) in [7, 11) is 0. The first-order chi connectivity index (χ1) is 9.54. The Bertz CT molecular complexity index is 445. The first-order valence-corrected chi connectivity index (χ1v) is 6.75. The van der Waals surface area contributed by atoms with E-state index in [1.807, 2.05) is 6.92 Å². The molecule has 1 aromatic rings. The highest BCUT2D eigenvalue weighted by Crippen LogP contribution is 2.12. The number of nitro benzene ring substituents is 1. The van der Waals surface area contributed by atoms with E-state index in [1.54, 1.807) is 12.1 Å². The number of rotatable bonds is 8. The van der Waals surface area contributed by atoms with Crippen molar-refractivity contribution in [3.05, 3.63) is 39.9 Å². The van der Waals surface area contributed by atoms with Gasteiger partial charge in [-0.15, -0.1) is 0 Å². The van der Waals surface area contributed by atoms with Gasteiger partial charge in [0.25, 0.3) is 5.69 Å². The lowest BCUT2D eigenvalue weighted by molar-refractivity contribution is -0.384. The van der Waals surface area contributed by atoms with Gasteiger partial charge in [-0.2, -0.15) is 0 Å². The molecular formula is C14H21N3O3. The number of carbonyl (C=O) groups excluding carboxylic acids is 1. The number of amides is 1. The van der Waals surface area contributed by atoms with Crippen LogP contribution in [-0.2, 0) is 11.2 Å². The van der Waals surface area contributed by atoms with Crippen LogP contribution < -0.4 is 11.1 Å². The van der Waals surface area contributed by atoms with Crippen molar-refractivity contribution in [2.24, 2.45) is 11.7 Å². The monoisotopic (exact) mass is 279 g/mol. The summed E-state index contributed by atoms with van der Waals surface area (Å²) in [5, 5.41) is 13.4. The molecule has 0 heterocycles. The Morgan fingerprint density at radius 2 is 2.05 bits per heavy atom. The highest BCUT2D eigenvalue weighted by molar-refractivity contribution is 5.78. The van der Waals surface area contributed by atoms with Crippen LogP contribution in [0.25, 0.3) is 0 Å². The molecule has 0 aromatic heterocycles. The van der Waals surface area contributed by atoms with Crippen molar-refractivity contribution < 1.29 is 9.72 Å². The van der Waals surface area contributed by atoms with Crippen LogP contribution in [0.5, 0.6) is 0 Å². The molecule has 1 aromatic carbocycles. The zero-order chi connectivity index (χ0) is 15.0. The zero-order valence-corrected chi connectivity index (χ0v) is 11.7. The Hall–Kier alpha value is -1.95. The Balaban J connectivity index is 2.33. The van der Waals surface area contributed by atoms with E-state index in [1.165, 1.54) is 12.1 Å². The van der Waals surface area contributed by atoms with Gasteiger partial charge in [-0.1, -0.05) is 19.1 Å². The van der Waals surface area contributed by atoms with E-state index in [2.05, 4.69) is 5.32 Å². The Morgan fingerprint density at radius 3 is 2.60 bits per heavy atom. The molecule has 1 atom stereocenters. The summed E-state index contributed by atoms with van der Waals surface area (Å²) in [6.07, 6.45) is 2.30. The van der Waals surface area contributed by atoms with E-state index < -0.39 is 4.92 Å². The van der Waals surface area contributed by atoms with Crippen molar-refractivity contribution in [1.82, 2.24) is 5.32 Å². The molecule has 0 radical (unpaired) electrons. The van der Waals surface area contributed by atoms with Crippen molar-refractivity contribution in [2.75, 3.05) is 13.1 Å². The van der Waals surface area contributed by atoms with Gasteiger partial charge in [0.05, 0.1) is 4.92 Å². The lowest BCUT2D eigenvalue weighted by Crippen LogP contribution is -2.31. The van der Waals surface area contributed by atoms with Crippen molar-refractivity contribution in [2.45, 2.75) is 26.2 Å². The molecule has 0 bridgehead atoms. The fourth-order valence-electron chi connectivity index (χ4n) is 1.84. The van der Waals surface area contributed by atoms with E-state index in [4.69, 9.17) is 5.73 Å². The average molecular weight is 279 g/mol. The van der Waals surface area contributed by atoms with E-state index in [9.17, 15) is 14.9 Å². The van der Waals surface area contributed by atoms with Gasteiger partial charge in [-0.3, -0.25) is 14.9 Å². The van der Waals surface area contributed by atoms with E-state index >= 15 is 0 Å². The van der Waals surface area contributed by atoms with Crippen molar-refractivity contribution in [3.8, 4) is 0 Å². The van der Waals surface area contributed by atoms with Crippen LogP contribution in [0.3, 0.4) is 0 Å². The lowest BCUT2D eigenvalue weighted by Gasteiger charge is -2.11. The smallest absolute Gasteiger partial charge is 0.269 e. The third-order valence-corrected chi connectivity index (χ3v) is 3.15. The summed E-state index contributed by atoms with van der Waals surface area (Å²) < 4.78 is 0. The summed E-state index contributed by atoms with van der Waals surface area (Å²) in [5.41, 5.74) is 6.45. The summed E-state index contributed by atoms with van der Waals surface area (Å²) in [6, 6.07) is 6.37. The van der Waals surface area contributed by atoms with E-state index in [-0.39, 0.29) is 17.5 Å². The first-order valence-electron chi connectivity index (χ1n) is 6.75. The molecule has 6 nitrogen and oxygen atoms in total. The molecule has 20 heavy (non-hydrogen) atoms. The van der Waals surface area contributed by atoms with Gasteiger partial charge in [-0.25, -0.2) is 0 Å². The van der Waals surface area contributed by atoms with Gasteiger partial charge < -0.3 is 11.1 Å². The van der Waals surface area contributed by atoms with Crippen molar-refractivity contribution in [1.29, 1.82) is 0 Å². The van der Waals surface area contributed by atoms with Crippen LogP contribution in [0, 0.1) is 16.0 Å². The summed E-state index contributed by atoms with van der Waals surface area (Å²) in [6.45, 7) is 3.01. The largest absolute Gasteiger partial charge is 0.356 e. The second-order valence-electron chi connectivity index (χ2n) is 4.80. The highest BCUT2D eigenvalue weighted by atomic mass is 16.6. The van der Waals surface area contributed by atoms with Crippen LogP contribution in [0.4, 0.5) is 5.69 Å². The van der Waals surface area contributed by atoms with Crippen LogP contribution in [0.15, 0.2) is 24.3 Å². The molecule has 3 N–H and O–H groups in total. The van der Waals surface area contributed by atoms with Crippen LogP contribution in [-0.4, -0.2) is 23.9 Å². The Morgan fingerprint density at radius 1 is 1.40 bits per heavy atom. The van der Waals surface area contributed by atoms with Crippen molar-refractivity contribution in [3.63, 3.8) is 0 Å². The maximum atomic E-state index is 11.7. The van der Waals surface area contributed by atoms with Gasteiger partial charge in [0.1, 0.15) is 0 Å². The molecule has 0 spiro atoms. The Labute approximate surface area is 118 Å². The zero-order valence-electron chi connectivity index (χ0n) is 11.7. The molecule has 0 saturated carbocycles. The molecular weight excluding hydrogens is 258 g/mol. The number of nitro groups is 1. The van der Waals surface area contributed by atoms with Gasteiger partial charge in [0.2, 0.25) is 5.91 Å². The highest BCUT2D eigenvalue weighted by Gasteiger charge is 2.11. The maximum absolute atomic E-state index is 11.7. The molecule has 0 fully saturated rings. The van der Waals surface area contributed by atoms with Crippen LogP contribution >= 0.6 is 0 Å². The molecule has 110 valence electrons. The third-order valence-electron chi connectivity index (χ3n) is 3.15. The number of hydrogen-bond acceptors (Lipinski definition) is 4. The predicted molar refractivity (Wildman–Crippen MR) is 77.3 cm³/mol. The third kappa shape index (κ3) is 5.36. The van der Waals surface area contributed by atoms with Crippen LogP contribution in [0.1, 0.15) is 25.3 Å². The minimum absolute atomic E-state index is 0.0281. The number of benzene rings is 1. The predicted octanol–water partition coefficient (Wildman–Crippen LogP) is 1.63. The number of non-ortho nitro benzene ring substituents is 1. The fraction of sp³-hybridized carbons (Fsp3) is 0.500. The molecule has 1 rings (SSSR count). The first kappa shape index (κ1) is 16.1. The van der Waals surface area contributed by atoms with E-state index in [0.29, 0.717) is 19.5 Å². The molecule has 0 aliphatic rings. The normalized spacial score (nSPS) is 11.9. The second kappa shape index (κ2) is 8.27. The van der Waals surface area contributed by atoms with Gasteiger partial charge in [0, 0.05) is 24.6 Å². The van der Waals surface area contributed by atoms with Gasteiger partial charge in [-0.05, 0) is 31.4 Å². The SMILES string of the molecule is CC(CCCN)C(=O)NCCc1ccc([N+](=O)[O-])cc1. The molecule has 0 aliphatic heterocycles. The molecule has 1 unspecified atom stereocenters. The molecule has 1 amide bonds. The molecule has 0 aliphatic carbocycles. The van der Waals surface area contributed by atoms with E-state index in [0.717, 1.165) is 18.4 Å². The standard InChI is InChI=1S/C14H21N3O3/c1-11(3-2-9-15)14(18)16-10-8-12-4-6-13(7-5-12)17(19)20/h4-7,11H,2-3,8-10,15H2,1H3,(H,16,18). The number of nitrogens with two attached hydrogens (primary N) is 1.